The first-order valence-corrected chi connectivity index (χ1v) is 10.4. The van der Waals surface area contributed by atoms with Gasteiger partial charge >= 0.3 is 0 Å². The highest BCUT2D eigenvalue weighted by atomic mass is 35.5. The number of aryl methyl sites for hydroxylation is 1. The fourth-order valence-corrected chi connectivity index (χ4v) is 3.68. The Labute approximate surface area is 194 Å². The van der Waals surface area contributed by atoms with Crippen molar-refractivity contribution in [3.8, 4) is 0 Å². The molecule has 0 spiro atoms. The largest absolute Gasteiger partial charge is 0.350 e. The van der Waals surface area contributed by atoms with Crippen molar-refractivity contribution in [3.05, 3.63) is 94.4 Å². The predicted molar refractivity (Wildman–Crippen MR) is 126 cm³/mol. The van der Waals surface area contributed by atoms with Crippen LogP contribution in [0.15, 0.2) is 72.4 Å². The summed E-state index contributed by atoms with van der Waals surface area (Å²) in [5, 5.41) is 6.18. The lowest BCUT2D eigenvalue weighted by Crippen LogP contribution is -2.32. The molecule has 0 unspecified atom stereocenters. The van der Waals surface area contributed by atoms with Crippen LogP contribution in [0.25, 0.3) is 5.57 Å². The highest BCUT2D eigenvalue weighted by Gasteiger charge is 2.40. The van der Waals surface area contributed by atoms with Gasteiger partial charge in [-0.15, -0.1) is 0 Å². The van der Waals surface area contributed by atoms with Crippen LogP contribution in [0.4, 0.5) is 21.5 Å². The number of nitrogens with one attached hydrogen (secondary N) is 2. The number of halogens is 2. The summed E-state index contributed by atoms with van der Waals surface area (Å²) in [5.74, 6) is -2.02. The van der Waals surface area contributed by atoms with Gasteiger partial charge in [-0.1, -0.05) is 35.9 Å². The second-order valence-electron chi connectivity index (χ2n) is 7.52. The van der Waals surface area contributed by atoms with E-state index in [-0.39, 0.29) is 22.9 Å². The molecule has 3 aromatic rings. The van der Waals surface area contributed by atoms with Gasteiger partial charge in [0.25, 0.3) is 11.8 Å². The zero-order valence-corrected chi connectivity index (χ0v) is 18.5. The first-order chi connectivity index (χ1) is 15.7. The first-order valence-electron chi connectivity index (χ1n) is 10.0. The third kappa shape index (κ3) is 4.49. The van der Waals surface area contributed by atoms with Crippen LogP contribution >= 0.6 is 11.6 Å². The molecule has 1 heterocycles. The fourth-order valence-electron chi connectivity index (χ4n) is 3.50. The highest BCUT2D eigenvalue weighted by molar-refractivity contribution is 6.46. The van der Waals surface area contributed by atoms with Crippen LogP contribution in [-0.4, -0.2) is 17.7 Å². The number of carbonyl (C=O) groups is 3. The van der Waals surface area contributed by atoms with Crippen molar-refractivity contribution in [3.63, 3.8) is 0 Å². The smallest absolute Gasteiger partial charge is 0.282 e. The summed E-state index contributed by atoms with van der Waals surface area (Å²) >= 11 is 6.22. The van der Waals surface area contributed by atoms with Gasteiger partial charge in [-0.05, 0) is 60.5 Å². The maximum absolute atomic E-state index is 13.8. The summed E-state index contributed by atoms with van der Waals surface area (Å²) in [4.78, 5) is 39.0. The SMILES string of the molecule is CC(=O)Nc1ccc(C2=C(Nc3ccc(C)c(Cl)c3)C(=O)N(c3cccc(F)c3)C2=O)cc1. The fraction of sp³-hybridized carbons (Fsp3) is 0.0800. The van der Waals surface area contributed by atoms with Gasteiger partial charge in [-0.2, -0.15) is 0 Å². The third-order valence-corrected chi connectivity index (χ3v) is 5.49. The molecule has 0 radical (unpaired) electrons. The molecule has 8 heteroatoms. The van der Waals surface area contributed by atoms with Crippen molar-refractivity contribution in [2.24, 2.45) is 0 Å². The van der Waals surface area contributed by atoms with Gasteiger partial charge in [0.15, 0.2) is 0 Å². The van der Waals surface area contributed by atoms with Crippen LogP contribution in [0, 0.1) is 12.7 Å². The molecule has 0 saturated carbocycles. The summed E-state index contributed by atoms with van der Waals surface area (Å²) in [6.07, 6.45) is 0. The van der Waals surface area contributed by atoms with E-state index in [0.717, 1.165) is 16.5 Å². The molecule has 0 aliphatic carbocycles. The maximum Gasteiger partial charge on any atom is 0.282 e. The molecule has 0 aromatic heterocycles. The molecular weight excluding hydrogens is 445 g/mol. The molecule has 0 fully saturated rings. The van der Waals surface area contributed by atoms with E-state index >= 15 is 0 Å². The molecule has 166 valence electrons. The second-order valence-corrected chi connectivity index (χ2v) is 7.93. The number of hydrogen-bond donors (Lipinski definition) is 2. The van der Waals surface area contributed by atoms with E-state index in [0.29, 0.717) is 22.0 Å². The molecule has 0 saturated heterocycles. The van der Waals surface area contributed by atoms with Crippen LogP contribution in [0.2, 0.25) is 5.02 Å². The Kier molecular flexibility index (Phi) is 5.98. The van der Waals surface area contributed by atoms with Crippen LogP contribution in [0.3, 0.4) is 0 Å². The lowest BCUT2D eigenvalue weighted by Gasteiger charge is -2.15. The summed E-state index contributed by atoms with van der Waals surface area (Å²) in [6, 6.07) is 17.0. The van der Waals surface area contributed by atoms with Crippen molar-refractivity contribution < 1.29 is 18.8 Å². The normalized spacial score (nSPS) is 13.5. The number of amides is 3. The van der Waals surface area contributed by atoms with Crippen LogP contribution in [0.1, 0.15) is 18.1 Å². The molecule has 1 aliphatic heterocycles. The summed E-state index contributed by atoms with van der Waals surface area (Å²) in [6.45, 7) is 3.24. The molecule has 2 N–H and O–H groups in total. The number of hydrogen-bond acceptors (Lipinski definition) is 4. The zero-order chi connectivity index (χ0) is 23.7. The Morgan fingerprint density at radius 1 is 0.939 bits per heavy atom. The third-order valence-electron chi connectivity index (χ3n) is 5.09. The topological polar surface area (TPSA) is 78.5 Å². The van der Waals surface area contributed by atoms with Gasteiger partial charge in [-0.25, -0.2) is 9.29 Å². The van der Waals surface area contributed by atoms with E-state index in [4.69, 9.17) is 11.6 Å². The molecule has 0 bridgehead atoms. The van der Waals surface area contributed by atoms with Crippen LogP contribution in [-0.2, 0) is 14.4 Å². The van der Waals surface area contributed by atoms with Gasteiger partial charge in [0, 0.05) is 23.3 Å². The van der Waals surface area contributed by atoms with Crippen LogP contribution < -0.4 is 15.5 Å². The van der Waals surface area contributed by atoms with Crippen molar-refractivity contribution in [1.29, 1.82) is 0 Å². The number of rotatable bonds is 5. The van der Waals surface area contributed by atoms with Crippen molar-refractivity contribution in [2.75, 3.05) is 15.5 Å². The minimum atomic E-state index is -0.622. The Hall–Kier alpha value is -3.97. The molecule has 3 aromatic carbocycles. The number of imide groups is 1. The van der Waals surface area contributed by atoms with Gasteiger partial charge in [0.05, 0.1) is 11.3 Å². The van der Waals surface area contributed by atoms with Gasteiger partial charge in [0.2, 0.25) is 5.91 Å². The summed E-state index contributed by atoms with van der Waals surface area (Å²) in [5.41, 5.74) is 2.67. The van der Waals surface area contributed by atoms with Crippen LogP contribution in [0.5, 0.6) is 0 Å². The summed E-state index contributed by atoms with van der Waals surface area (Å²) in [7, 11) is 0. The van der Waals surface area contributed by atoms with E-state index in [1.165, 1.54) is 25.1 Å². The molecule has 33 heavy (non-hydrogen) atoms. The molecular formula is C25H19ClFN3O3. The van der Waals surface area contributed by atoms with Gasteiger partial charge in [0.1, 0.15) is 11.5 Å². The quantitative estimate of drug-likeness (QED) is 0.513. The van der Waals surface area contributed by atoms with E-state index in [9.17, 15) is 18.8 Å². The molecule has 1 aliphatic rings. The number of benzene rings is 3. The average molecular weight is 464 g/mol. The molecule has 6 nitrogen and oxygen atoms in total. The molecule has 3 amide bonds. The average Bonchev–Trinajstić information content (AvgIpc) is 3.00. The Morgan fingerprint density at radius 2 is 1.64 bits per heavy atom. The lowest BCUT2D eigenvalue weighted by molar-refractivity contribution is -0.120. The minimum absolute atomic E-state index is 0.0384. The Morgan fingerprint density at radius 3 is 2.27 bits per heavy atom. The second kappa shape index (κ2) is 8.88. The monoisotopic (exact) mass is 463 g/mol. The number of carbonyl (C=O) groups excluding carboxylic acids is 3. The number of nitrogens with zero attached hydrogens (tertiary/aromatic N) is 1. The Balaban J connectivity index is 1.80. The molecule has 4 rings (SSSR count). The zero-order valence-electron chi connectivity index (χ0n) is 17.8. The van der Waals surface area contributed by atoms with E-state index in [2.05, 4.69) is 10.6 Å². The van der Waals surface area contributed by atoms with E-state index in [1.54, 1.807) is 42.5 Å². The van der Waals surface area contributed by atoms with Crippen molar-refractivity contribution in [2.45, 2.75) is 13.8 Å². The standard InChI is InChI=1S/C25H19ClFN3O3/c1-14-6-9-19(13-21(14)26)29-23-22(16-7-10-18(11-8-16)28-15(2)31)24(32)30(25(23)33)20-5-3-4-17(27)12-20/h3-13,29H,1-2H3,(H,28,31). The van der Waals surface area contributed by atoms with Gasteiger partial charge in [-0.3, -0.25) is 14.4 Å². The van der Waals surface area contributed by atoms with Gasteiger partial charge < -0.3 is 10.6 Å². The highest BCUT2D eigenvalue weighted by Crippen LogP contribution is 2.35. The molecule has 0 atom stereocenters. The number of anilines is 3. The lowest BCUT2D eigenvalue weighted by atomic mass is 10.0. The van der Waals surface area contributed by atoms with E-state index in [1.807, 2.05) is 6.92 Å². The summed E-state index contributed by atoms with van der Waals surface area (Å²) < 4.78 is 13.8. The first kappa shape index (κ1) is 22.2. The Bertz CT molecular complexity index is 1320. The van der Waals surface area contributed by atoms with E-state index < -0.39 is 17.6 Å². The van der Waals surface area contributed by atoms with Crippen molar-refractivity contribution in [1.82, 2.24) is 0 Å². The minimum Gasteiger partial charge on any atom is -0.350 e. The maximum atomic E-state index is 13.8. The predicted octanol–water partition coefficient (Wildman–Crippen LogP) is 5.14. The van der Waals surface area contributed by atoms with Crippen molar-refractivity contribution >= 4 is 52.0 Å².